The third-order valence-electron chi connectivity index (χ3n) is 4.73. The Morgan fingerprint density at radius 1 is 0.429 bits per heavy atom. The first-order valence-electron chi connectivity index (χ1n) is 12.4. The number of ether oxygens (including phenoxy) is 7. The molecule has 0 aliphatic heterocycles. The molecule has 0 aromatic rings. The highest BCUT2D eigenvalue weighted by molar-refractivity contribution is 7.80. The Bertz CT molecular complexity index is 438. The molecule has 0 aromatic carbocycles. The lowest BCUT2D eigenvalue weighted by molar-refractivity contribution is -0.101. The summed E-state index contributed by atoms with van der Waals surface area (Å²) in [6.45, 7) is 14.8. The summed E-state index contributed by atoms with van der Waals surface area (Å²) in [5, 5.41) is 18.9. The molecule has 0 aromatic heterocycles. The molecule has 0 heterocycles. The van der Waals surface area contributed by atoms with E-state index in [-0.39, 0.29) is 49.8 Å². The predicted molar refractivity (Wildman–Crippen MR) is 143 cm³/mol. The van der Waals surface area contributed by atoms with Gasteiger partial charge in [0.1, 0.15) is 0 Å². The van der Waals surface area contributed by atoms with Gasteiger partial charge in [-0.2, -0.15) is 25.3 Å². The van der Waals surface area contributed by atoms with E-state index in [1.165, 1.54) is 0 Å². The maximum Gasteiger partial charge on any atom is 0.0861 e. The third-order valence-corrected chi connectivity index (χ3v) is 5.58. The second kappa shape index (κ2) is 22.3. The van der Waals surface area contributed by atoms with Gasteiger partial charge in [-0.05, 0) is 41.5 Å². The average molecular weight is 547 g/mol. The van der Waals surface area contributed by atoms with Gasteiger partial charge in [-0.15, -0.1) is 0 Å². The molecule has 0 saturated heterocycles. The molecule has 0 spiro atoms. The summed E-state index contributed by atoms with van der Waals surface area (Å²) in [6, 6.07) is 0. The standard InChI is InChI=1S/C24H50O9S2/c1-17(28-9-19(3)30-11-21(5)32-13-23(25)15-34)7-27-8-18(2)29-10-20(4)31-12-22(6)33-14-24(26)16-35/h17-26,34-35H,7-16H2,1-6H3. The fourth-order valence-corrected chi connectivity index (χ4v) is 2.75. The molecule has 212 valence electrons. The van der Waals surface area contributed by atoms with Crippen LogP contribution in [0.3, 0.4) is 0 Å². The molecular weight excluding hydrogens is 496 g/mol. The van der Waals surface area contributed by atoms with Crippen LogP contribution in [0.2, 0.25) is 0 Å². The number of aliphatic hydroxyl groups is 2. The van der Waals surface area contributed by atoms with Gasteiger partial charge in [-0.1, -0.05) is 0 Å². The van der Waals surface area contributed by atoms with Crippen LogP contribution in [-0.4, -0.2) is 123 Å². The van der Waals surface area contributed by atoms with Crippen molar-refractivity contribution in [2.75, 3.05) is 64.4 Å². The molecule has 8 unspecified atom stereocenters. The highest BCUT2D eigenvalue weighted by atomic mass is 32.1. The van der Waals surface area contributed by atoms with Crippen molar-refractivity contribution < 1.29 is 43.4 Å². The fraction of sp³-hybridized carbons (Fsp3) is 1.00. The minimum absolute atomic E-state index is 0.0720. The Labute approximate surface area is 223 Å². The summed E-state index contributed by atoms with van der Waals surface area (Å²) >= 11 is 8.04. The Balaban J connectivity index is 3.78. The maximum atomic E-state index is 9.47. The van der Waals surface area contributed by atoms with Crippen molar-refractivity contribution in [2.24, 2.45) is 0 Å². The van der Waals surface area contributed by atoms with Gasteiger partial charge in [-0.25, -0.2) is 0 Å². The van der Waals surface area contributed by atoms with Crippen molar-refractivity contribution in [3.8, 4) is 0 Å². The first-order valence-corrected chi connectivity index (χ1v) is 13.7. The summed E-state index contributed by atoms with van der Waals surface area (Å²) in [7, 11) is 0. The fourth-order valence-electron chi connectivity index (χ4n) is 2.54. The second-order valence-corrected chi connectivity index (χ2v) is 9.80. The highest BCUT2D eigenvalue weighted by Crippen LogP contribution is 2.04. The summed E-state index contributed by atoms with van der Waals surface area (Å²) in [5.74, 6) is 0.742. The van der Waals surface area contributed by atoms with Crippen LogP contribution in [0.15, 0.2) is 0 Å². The molecule has 2 N–H and O–H groups in total. The average Bonchev–Trinajstić information content (AvgIpc) is 2.85. The normalized spacial score (nSPS) is 19.0. The second-order valence-electron chi connectivity index (χ2n) is 9.07. The summed E-state index contributed by atoms with van der Waals surface area (Å²) < 4.78 is 39.8. The van der Waals surface area contributed by atoms with Gasteiger partial charge in [0.15, 0.2) is 0 Å². The van der Waals surface area contributed by atoms with Crippen LogP contribution in [0.5, 0.6) is 0 Å². The molecule has 0 amide bonds. The van der Waals surface area contributed by atoms with Crippen molar-refractivity contribution in [1.82, 2.24) is 0 Å². The lowest BCUT2D eigenvalue weighted by atomic mass is 10.3. The largest absolute Gasteiger partial charge is 0.390 e. The van der Waals surface area contributed by atoms with Crippen LogP contribution in [0, 0.1) is 0 Å². The van der Waals surface area contributed by atoms with Crippen molar-refractivity contribution >= 4 is 25.3 Å². The number of aliphatic hydroxyl groups excluding tert-OH is 2. The van der Waals surface area contributed by atoms with Crippen LogP contribution >= 0.6 is 25.3 Å². The van der Waals surface area contributed by atoms with E-state index in [9.17, 15) is 10.2 Å². The van der Waals surface area contributed by atoms with Crippen molar-refractivity contribution in [3.05, 3.63) is 0 Å². The predicted octanol–water partition coefficient (Wildman–Crippen LogP) is 2.02. The lowest BCUT2D eigenvalue weighted by Crippen LogP contribution is -2.30. The first kappa shape index (κ1) is 35.3. The van der Waals surface area contributed by atoms with E-state index in [1.807, 2.05) is 41.5 Å². The van der Waals surface area contributed by atoms with Crippen molar-refractivity contribution in [1.29, 1.82) is 0 Å². The molecule has 0 saturated carbocycles. The summed E-state index contributed by atoms with van der Waals surface area (Å²) in [6.07, 6.45) is -1.66. The summed E-state index contributed by atoms with van der Waals surface area (Å²) in [4.78, 5) is 0. The Morgan fingerprint density at radius 2 is 0.657 bits per heavy atom. The third kappa shape index (κ3) is 22.1. The van der Waals surface area contributed by atoms with Gasteiger partial charge in [0.05, 0.1) is 102 Å². The lowest BCUT2D eigenvalue weighted by Gasteiger charge is -2.22. The molecule has 8 atom stereocenters. The quantitative estimate of drug-likeness (QED) is 0.135. The molecule has 0 radical (unpaired) electrons. The minimum atomic E-state index is -0.564. The van der Waals surface area contributed by atoms with Gasteiger partial charge >= 0.3 is 0 Å². The first-order chi connectivity index (χ1) is 16.6. The number of hydrogen-bond donors (Lipinski definition) is 4. The molecule has 0 aliphatic rings. The Hall–Kier alpha value is 0.340. The molecular formula is C24H50O9S2. The van der Waals surface area contributed by atoms with Crippen LogP contribution in [0.4, 0.5) is 0 Å². The van der Waals surface area contributed by atoms with E-state index in [0.29, 0.717) is 51.1 Å². The van der Waals surface area contributed by atoms with E-state index < -0.39 is 12.2 Å². The zero-order valence-electron chi connectivity index (χ0n) is 22.3. The van der Waals surface area contributed by atoms with Crippen molar-refractivity contribution in [3.63, 3.8) is 0 Å². The zero-order chi connectivity index (χ0) is 26.6. The molecule has 0 rings (SSSR count). The molecule has 0 fully saturated rings. The number of rotatable bonds is 24. The van der Waals surface area contributed by atoms with Gasteiger partial charge in [0.2, 0.25) is 0 Å². The van der Waals surface area contributed by atoms with E-state index in [2.05, 4.69) is 25.3 Å². The number of thiol groups is 2. The van der Waals surface area contributed by atoms with Crippen LogP contribution in [-0.2, 0) is 33.2 Å². The smallest absolute Gasteiger partial charge is 0.0861 e. The number of hydrogen-bond acceptors (Lipinski definition) is 11. The molecule has 9 nitrogen and oxygen atoms in total. The van der Waals surface area contributed by atoms with Gasteiger partial charge in [0.25, 0.3) is 0 Å². The molecule has 11 heteroatoms. The van der Waals surface area contributed by atoms with Gasteiger partial charge in [-0.3, -0.25) is 0 Å². The van der Waals surface area contributed by atoms with Gasteiger partial charge in [0, 0.05) is 11.5 Å². The Morgan fingerprint density at radius 3 is 0.914 bits per heavy atom. The van der Waals surface area contributed by atoms with E-state index in [0.717, 1.165) is 0 Å². The highest BCUT2D eigenvalue weighted by Gasteiger charge is 2.14. The minimum Gasteiger partial charge on any atom is -0.390 e. The zero-order valence-corrected chi connectivity index (χ0v) is 24.1. The van der Waals surface area contributed by atoms with Gasteiger partial charge < -0.3 is 43.4 Å². The van der Waals surface area contributed by atoms with E-state index in [4.69, 9.17) is 33.2 Å². The SMILES string of the molecule is CC(COCC(C)OCC(C)OCC(C)OCC(O)CS)OCC(C)OCC(C)OCC(O)CS. The molecule has 0 aliphatic carbocycles. The molecule has 0 bridgehead atoms. The van der Waals surface area contributed by atoms with E-state index >= 15 is 0 Å². The van der Waals surface area contributed by atoms with Crippen LogP contribution in [0.1, 0.15) is 41.5 Å². The monoisotopic (exact) mass is 546 g/mol. The summed E-state index contributed by atoms with van der Waals surface area (Å²) in [5.41, 5.74) is 0. The Kier molecular flexibility index (Phi) is 22.6. The maximum absolute atomic E-state index is 9.47. The topological polar surface area (TPSA) is 105 Å². The van der Waals surface area contributed by atoms with Crippen LogP contribution < -0.4 is 0 Å². The molecule has 35 heavy (non-hydrogen) atoms. The van der Waals surface area contributed by atoms with Crippen LogP contribution in [0.25, 0.3) is 0 Å². The van der Waals surface area contributed by atoms with E-state index in [1.54, 1.807) is 0 Å². The van der Waals surface area contributed by atoms with Crippen molar-refractivity contribution in [2.45, 2.75) is 90.4 Å².